The number of carbonyl (C=O) groups excluding carboxylic acids is 1. The maximum absolute atomic E-state index is 13.1. The van der Waals surface area contributed by atoms with Crippen LogP contribution >= 0.6 is 0 Å². The minimum absolute atomic E-state index is 0.0842. The third-order valence-corrected chi connectivity index (χ3v) is 6.48. The number of fused-ring (bicyclic) bond motifs is 1. The molecule has 0 aliphatic carbocycles. The van der Waals surface area contributed by atoms with Gasteiger partial charge in [0, 0.05) is 40.5 Å². The molecule has 0 saturated heterocycles. The van der Waals surface area contributed by atoms with Gasteiger partial charge in [0.25, 0.3) is 15.9 Å². The molecule has 4 aromatic rings. The molecule has 0 saturated carbocycles. The lowest BCUT2D eigenvalue weighted by atomic mass is 10.1. The van der Waals surface area contributed by atoms with Crippen LogP contribution in [0.4, 0.5) is 11.4 Å². The Morgan fingerprint density at radius 3 is 2.62 bits per heavy atom. The van der Waals surface area contributed by atoms with Crippen LogP contribution in [0.25, 0.3) is 21.7 Å². The second-order valence-corrected chi connectivity index (χ2v) is 8.44. The molecule has 1 aliphatic rings. The lowest BCUT2D eigenvalue weighted by Crippen LogP contribution is -2.20. The highest BCUT2D eigenvalue weighted by Gasteiger charge is 2.30. The maximum atomic E-state index is 13.1. The Morgan fingerprint density at radius 1 is 0.966 bits per heavy atom. The Kier molecular flexibility index (Phi) is 3.56. The first kappa shape index (κ1) is 17.4. The van der Waals surface area contributed by atoms with Crippen molar-refractivity contribution >= 4 is 49.0 Å². The molecule has 3 aromatic carbocycles. The number of hydrogen-bond acceptors (Lipinski definition) is 5. The Hall–Kier alpha value is -3.65. The van der Waals surface area contributed by atoms with Gasteiger partial charge in [0.1, 0.15) is 5.58 Å². The van der Waals surface area contributed by atoms with Crippen LogP contribution < -0.4 is 15.2 Å². The van der Waals surface area contributed by atoms with Crippen molar-refractivity contribution in [2.75, 3.05) is 16.7 Å². The van der Waals surface area contributed by atoms with Crippen LogP contribution in [-0.4, -0.2) is 21.4 Å². The summed E-state index contributed by atoms with van der Waals surface area (Å²) in [5.41, 5.74) is 1.39. The summed E-state index contributed by atoms with van der Waals surface area (Å²) in [5.74, 6) is -0.163. The molecule has 0 unspecified atom stereocenters. The summed E-state index contributed by atoms with van der Waals surface area (Å²) in [5, 5.41) is 1.71. The highest BCUT2D eigenvalue weighted by atomic mass is 32.2. The molecule has 2 heterocycles. The Morgan fingerprint density at radius 2 is 1.79 bits per heavy atom. The molecule has 0 atom stereocenters. The van der Waals surface area contributed by atoms with E-state index < -0.39 is 15.6 Å². The van der Waals surface area contributed by atoms with Crippen molar-refractivity contribution in [3.63, 3.8) is 0 Å². The van der Waals surface area contributed by atoms with Gasteiger partial charge in [-0.3, -0.25) is 9.52 Å². The fraction of sp³-hybridized carbons (Fsp3) is 0.0476. The number of sulfonamides is 1. The van der Waals surface area contributed by atoms with Gasteiger partial charge in [0.2, 0.25) is 0 Å². The van der Waals surface area contributed by atoms with E-state index in [4.69, 9.17) is 4.42 Å². The average molecular weight is 406 g/mol. The smallest absolute Gasteiger partial charge is 0.336 e. The second-order valence-electron chi connectivity index (χ2n) is 6.79. The number of rotatable bonds is 3. The highest BCUT2D eigenvalue weighted by molar-refractivity contribution is 7.93. The van der Waals surface area contributed by atoms with Gasteiger partial charge in [0.05, 0.1) is 10.6 Å². The molecule has 1 N–H and O–H groups in total. The molecule has 29 heavy (non-hydrogen) atoms. The third-order valence-electron chi connectivity index (χ3n) is 5.04. The maximum Gasteiger partial charge on any atom is 0.336 e. The first-order valence-electron chi connectivity index (χ1n) is 8.76. The van der Waals surface area contributed by atoms with E-state index in [2.05, 4.69) is 4.72 Å². The monoisotopic (exact) mass is 406 g/mol. The van der Waals surface area contributed by atoms with Crippen molar-refractivity contribution in [2.45, 2.75) is 4.90 Å². The van der Waals surface area contributed by atoms with E-state index in [0.717, 1.165) is 0 Å². The van der Waals surface area contributed by atoms with Gasteiger partial charge < -0.3 is 9.32 Å². The zero-order valence-electron chi connectivity index (χ0n) is 15.2. The average Bonchev–Trinajstić information content (AvgIpc) is 2.95. The standard InChI is InChI=1S/C21H14N2O5S/c1-23-16-7-9-18(14-3-2-4-15(20(14)16)21(23)25)29(26,27)22-13-6-8-17-12(11-13)5-10-19(24)28-17/h2-11,22H,1H3. The first-order valence-corrected chi connectivity index (χ1v) is 10.2. The summed E-state index contributed by atoms with van der Waals surface area (Å²) in [6.07, 6.45) is 0. The summed E-state index contributed by atoms with van der Waals surface area (Å²) in [6.45, 7) is 0. The number of benzene rings is 3. The lowest BCUT2D eigenvalue weighted by Gasteiger charge is -2.13. The number of nitrogens with zero attached hydrogens (tertiary/aromatic N) is 1. The zero-order chi connectivity index (χ0) is 20.3. The quantitative estimate of drug-likeness (QED) is 0.527. The molecule has 1 aliphatic heterocycles. The molecule has 8 heteroatoms. The molecule has 144 valence electrons. The van der Waals surface area contributed by atoms with Gasteiger partial charge in [0.15, 0.2) is 0 Å². The van der Waals surface area contributed by atoms with Crippen LogP contribution in [-0.2, 0) is 10.0 Å². The number of carbonyl (C=O) groups is 1. The molecule has 0 radical (unpaired) electrons. The normalized spacial score (nSPS) is 13.4. The van der Waals surface area contributed by atoms with Crippen LogP contribution in [0.2, 0.25) is 0 Å². The van der Waals surface area contributed by atoms with E-state index in [1.807, 2.05) is 0 Å². The van der Waals surface area contributed by atoms with E-state index in [9.17, 15) is 18.0 Å². The van der Waals surface area contributed by atoms with Gasteiger partial charge in [-0.2, -0.15) is 0 Å². The first-order chi connectivity index (χ1) is 13.8. The molecule has 1 aromatic heterocycles. The van der Waals surface area contributed by atoms with E-state index in [0.29, 0.717) is 38.7 Å². The SMILES string of the molecule is CN1C(=O)c2cccc3c(S(=O)(=O)Nc4ccc5oc(=O)ccc5c4)ccc1c23. The van der Waals surface area contributed by atoms with Crippen molar-refractivity contribution in [2.24, 2.45) is 0 Å². The van der Waals surface area contributed by atoms with Gasteiger partial charge in [-0.25, -0.2) is 13.2 Å². The fourth-order valence-corrected chi connectivity index (χ4v) is 4.94. The van der Waals surface area contributed by atoms with Crippen LogP contribution in [0, 0.1) is 0 Å². The number of amides is 1. The predicted molar refractivity (Wildman–Crippen MR) is 110 cm³/mol. The number of hydrogen-bond donors (Lipinski definition) is 1. The Bertz CT molecular complexity index is 1510. The highest BCUT2D eigenvalue weighted by Crippen LogP contribution is 2.39. The lowest BCUT2D eigenvalue weighted by molar-refractivity contribution is 0.0999. The van der Waals surface area contributed by atoms with E-state index in [-0.39, 0.29) is 10.8 Å². The van der Waals surface area contributed by atoms with Gasteiger partial charge in [-0.15, -0.1) is 0 Å². The van der Waals surface area contributed by atoms with E-state index >= 15 is 0 Å². The summed E-state index contributed by atoms with van der Waals surface area (Å²) in [4.78, 5) is 25.3. The van der Waals surface area contributed by atoms with Crippen molar-refractivity contribution < 1.29 is 17.6 Å². The van der Waals surface area contributed by atoms with Gasteiger partial charge in [-0.1, -0.05) is 12.1 Å². The minimum Gasteiger partial charge on any atom is -0.423 e. The van der Waals surface area contributed by atoms with Crippen LogP contribution in [0.15, 0.2) is 74.8 Å². The van der Waals surface area contributed by atoms with Crippen molar-refractivity contribution in [1.29, 1.82) is 0 Å². The van der Waals surface area contributed by atoms with Crippen LogP contribution in [0.3, 0.4) is 0 Å². The minimum atomic E-state index is -3.93. The second kappa shape index (κ2) is 5.92. The Balaban J connectivity index is 1.63. The number of anilines is 2. The largest absolute Gasteiger partial charge is 0.423 e. The molecule has 5 rings (SSSR count). The molecular weight excluding hydrogens is 392 g/mol. The zero-order valence-corrected chi connectivity index (χ0v) is 16.0. The van der Waals surface area contributed by atoms with Crippen molar-refractivity contribution in [1.82, 2.24) is 0 Å². The summed E-state index contributed by atoms with van der Waals surface area (Å²) >= 11 is 0. The molecule has 0 fully saturated rings. The van der Waals surface area contributed by atoms with Crippen molar-refractivity contribution in [3.8, 4) is 0 Å². The van der Waals surface area contributed by atoms with Crippen LogP contribution in [0.1, 0.15) is 10.4 Å². The van der Waals surface area contributed by atoms with Gasteiger partial charge >= 0.3 is 5.63 Å². The molecule has 0 bridgehead atoms. The topological polar surface area (TPSA) is 96.7 Å². The summed E-state index contributed by atoms with van der Waals surface area (Å²) in [6, 6.07) is 15.7. The molecule has 1 amide bonds. The summed E-state index contributed by atoms with van der Waals surface area (Å²) in [7, 11) is -2.27. The van der Waals surface area contributed by atoms with E-state index in [1.165, 1.54) is 29.2 Å². The fourth-order valence-electron chi connectivity index (χ4n) is 3.69. The molecule has 7 nitrogen and oxygen atoms in total. The predicted octanol–water partition coefficient (Wildman–Crippen LogP) is 3.34. The van der Waals surface area contributed by atoms with Crippen LogP contribution in [0.5, 0.6) is 0 Å². The van der Waals surface area contributed by atoms with Gasteiger partial charge in [-0.05, 0) is 42.5 Å². The third kappa shape index (κ3) is 2.60. The van der Waals surface area contributed by atoms with Crippen molar-refractivity contribution in [3.05, 3.63) is 76.6 Å². The summed E-state index contributed by atoms with van der Waals surface area (Å²) < 4.78 is 33.9. The molecular formula is C21H14N2O5S. The Labute approximate surface area is 165 Å². The number of nitrogens with one attached hydrogen (secondary N) is 1. The van der Waals surface area contributed by atoms with E-state index in [1.54, 1.807) is 43.4 Å². The molecule has 0 spiro atoms.